The minimum atomic E-state index is -0.316. The zero-order chi connectivity index (χ0) is 23.9. The Kier molecular flexibility index (Phi) is 8.04. The number of ether oxygens (including phenoxy) is 1. The number of amides is 1. The van der Waals surface area contributed by atoms with Crippen molar-refractivity contribution < 1.29 is 18.7 Å². The molecule has 178 valence electrons. The van der Waals surface area contributed by atoms with Crippen LogP contribution >= 0.6 is 11.8 Å². The van der Waals surface area contributed by atoms with Crippen molar-refractivity contribution in [2.45, 2.75) is 18.6 Å². The predicted octanol–water partition coefficient (Wildman–Crippen LogP) is 3.35. The lowest BCUT2D eigenvalue weighted by Crippen LogP contribution is -2.38. The molecule has 1 fully saturated rings. The van der Waals surface area contributed by atoms with E-state index in [4.69, 9.17) is 4.74 Å². The van der Waals surface area contributed by atoms with Crippen molar-refractivity contribution in [3.8, 4) is 11.4 Å². The monoisotopic (exact) mass is 483 g/mol. The molecule has 0 radical (unpaired) electrons. The molecule has 0 spiro atoms. The second-order valence-electron chi connectivity index (χ2n) is 7.89. The molecular formula is C24H26FN5O3S. The van der Waals surface area contributed by atoms with Gasteiger partial charge in [0.1, 0.15) is 5.82 Å². The van der Waals surface area contributed by atoms with Gasteiger partial charge in [-0.1, -0.05) is 23.9 Å². The first-order chi connectivity index (χ1) is 16.5. The summed E-state index contributed by atoms with van der Waals surface area (Å²) in [4.78, 5) is 26.4. The third-order valence-electron chi connectivity index (χ3n) is 5.45. The number of rotatable bonds is 9. The number of anilines is 1. The highest BCUT2D eigenvalue weighted by molar-refractivity contribution is 7.99. The van der Waals surface area contributed by atoms with Gasteiger partial charge in [-0.15, -0.1) is 10.2 Å². The maximum atomic E-state index is 13.4. The number of hydrogen-bond donors (Lipinski definition) is 1. The number of halogens is 1. The summed E-state index contributed by atoms with van der Waals surface area (Å²) in [5, 5.41) is 12.1. The Morgan fingerprint density at radius 2 is 1.85 bits per heavy atom. The van der Waals surface area contributed by atoms with Gasteiger partial charge >= 0.3 is 0 Å². The van der Waals surface area contributed by atoms with E-state index in [1.54, 1.807) is 36.4 Å². The highest BCUT2D eigenvalue weighted by Gasteiger charge is 2.18. The molecule has 1 aromatic heterocycles. The molecule has 0 atom stereocenters. The van der Waals surface area contributed by atoms with E-state index in [1.807, 2.05) is 4.57 Å². The average Bonchev–Trinajstić information content (AvgIpc) is 3.25. The van der Waals surface area contributed by atoms with E-state index in [1.165, 1.54) is 30.8 Å². The Balaban J connectivity index is 1.46. The van der Waals surface area contributed by atoms with Crippen molar-refractivity contribution >= 4 is 29.1 Å². The number of nitrogens with one attached hydrogen (secondary N) is 1. The molecule has 1 N–H and O–H groups in total. The van der Waals surface area contributed by atoms with Crippen LogP contribution in [0.4, 0.5) is 10.1 Å². The topological polar surface area (TPSA) is 89.3 Å². The van der Waals surface area contributed by atoms with Gasteiger partial charge in [-0.2, -0.15) is 0 Å². The van der Waals surface area contributed by atoms with Crippen molar-refractivity contribution in [2.75, 3.05) is 43.9 Å². The quantitative estimate of drug-likeness (QED) is 0.369. The minimum absolute atomic E-state index is 0.0628. The summed E-state index contributed by atoms with van der Waals surface area (Å²) in [6.07, 6.45) is 0. The molecule has 2 aromatic carbocycles. The van der Waals surface area contributed by atoms with Gasteiger partial charge in [0.05, 0.1) is 19.0 Å². The van der Waals surface area contributed by atoms with Crippen LogP contribution in [0.5, 0.6) is 0 Å². The van der Waals surface area contributed by atoms with Gasteiger partial charge in [0, 0.05) is 43.0 Å². The van der Waals surface area contributed by atoms with E-state index in [-0.39, 0.29) is 23.3 Å². The van der Waals surface area contributed by atoms with Gasteiger partial charge in [-0.05, 0) is 43.3 Å². The number of morpholine rings is 1. The van der Waals surface area contributed by atoms with E-state index in [2.05, 4.69) is 20.4 Å². The van der Waals surface area contributed by atoms with Crippen LogP contribution < -0.4 is 5.32 Å². The minimum Gasteiger partial charge on any atom is -0.379 e. The van der Waals surface area contributed by atoms with Crippen LogP contribution in [-0.2, 0) is 16.1 Å². The number of Topliss-reactive ketones (excluding diaryl/α,β-unsaturated/α-hetero) is 1. The molecule has 8 nitrogen and oxygen atoms in total. The Hall–Kier alpha value is -3.08. The van der Waals surface area contributed by atoms with Crippen LogP contribution in [0, 0.1) is 5.82 Å². The Bertz CT molecular complexity index is 1150. The SMILES string of the molecule is CC(=O)c1cccc(NC(=O)CSc2nnc(-c3ccc(F)cc3)n2CCN2CCOCC2)c1. The van der Waals surface area contributed by atoms with Gasteiger partial charge in [0.15, 0.2) is 16.8 Å². The highest BCUT2D eigenvalue weighted by Crippen LogP contribution is 2.25. The van der Waals surface area contributed by atoms with Gasteiger partial charge in [-0.3, -0.25) is 14.5 Å². The fourth-order valence-corrected chi connectivity index (χ4v) is 4.38. The summed E-state index contributed by atoms with van der Waals surface area (Å²) >= 11 is 1.28. The van der Waals surface area contributed by atoms with E-state index in [9.17, 15) is 14.0 Å². The predicted molar refractivity (Wildman–Crippen MR) is 128 cm³/mol. The summed E-state index contributed by atoms with van der Waals surface area (Å²) < 4.78 is 20.8. The average molecular weight is 484 g/mol. The summed E-state index contributed by atoms with van der Waals surface area (Å²) in [7, 11) is 0. The van der Waals surface area contributed by atoms with Crippen molar-refractivity contribution in [2.24, 2.45) is 0 Å². The Morgan fingerprint density at radius 3 is 2.59 bits per heavy atom. The molecule has 1 amide bonds. The van der Waals surface area contributed by atoms with E-state index in [0.29, 0.717) is 42.0 Å². The number of ketones is 1. The van der Waals surface area contributed by atoms with Crippen LogP contribution in [0.15, 0.2) is 53.7 Å². The number of aromatic nitrogens is 3. The van der Waals surface area contributed by atoms with Crippen molar-refractivity contribution in [1.29, 1.82) is 0 Å². The van der Waals surface area contributed by atoms with Crippen LogP contribution in [0.1, 0.15) is 17.3 Å². The molecule has 0 bridgehead atoms. The van der Waals surface area contributed by atoms with E-state index < -0.39 is 0 Å². The Labute approximate surface area is 201 Å². The van der Waals surface area contributed by atoms with Gasteiger partial charge in [0.2, 0.25) is 5.91 Å². The van der Waals surface area contributed by atoms with Crippen LogP contribution in [0.25, 0.3) is 11.4 Å². The van der Waals surface area contributed by atoms with Crippen molar-refractivity contribution in [1.82, 2.24) is 19.7 Å². The lowest BCUT2D eigenvalue weighted by Gasteiger charge is -2.27. The molecule has 34 heavy (non-hydrogen) atoms. The molecule has 3 aromatic rings. The molecule has 1 saturated heterocycles. The molecule has 2 heterocycles. The molecule has 1 aliphatic rings. The third kappa shape index (κ3) is 6.28. The second-order valence-corrected chi connectivity index (χ2v) is 8.84. The Morgan fingerprint density at radius 1 is 1.09 bits per heavy atom. The van der Waals surface area contributed by atoms with Crippen LogP contribution in [0.3, 0.4) is 0 Å². The molecule has 4 rings (SSSR count). The maximum absolute atomic E-state index is 13.4. The number of nitrogens with zero attached hydrogens (tertiary/aromatic N) is 4. The molecule has 10 heteroatoms. The highest BCUT2D eigenvalue weighted by atomic mass is 32.2. The van der Waals surface area contributed by atoms with Crippen molar-refractivity contribution in [3.63, 3.8) is 0 Å². The van der Waals surface area contributed by atoms with E-state index in [0.717, 1.165) is 25.2 Å². The largest absolute Gasteiger partial charge is 0.379 e. The lowest BCUT2D eigenvalue weighted by molar-refractivity contribution is -0.113. The van der Waals surface area contributed by atoms with Gasteiger partial charge < -0.3 is 14.6 Å². The standard InChI is InChI=1S/C24H26FN5O3S/c1-17(31)19-3-2-4-21(15-19)26-22(32)16-34-24-28-27-23(18-5-7-20(25)8-6-18)30(24)10-9-29-11-13-33-14-12-29/h2-8,15H,9-14,16H2,1H3,(H,26,32). The van der Waals surface area contributed by atoms with Gasteiger partial charge in [-0.25, -0.2) is 4.39 Å². The molecular weight excluding hydrogens is 457 g/mol. The third-order valence-corrected chi connectivity index (χ3v) is 6.41. The first-order valence-electron chi connectivity index (χ1n) is 11.0. The summed E-state index contributed by atoms with van der Waals surface area (Å²) in [6, 6.07) is 13.0. The van der Waals surface area contributed by atoms with E-state index >= 15 is 0 Å². The van der Waals surface area contributed by atoms with Crippen LogP contribution in [-0.4, -0.2) is 70.0 Å². The van der Waals surface area contributed by atoms with Crippen molar-refractivity contribution in [3.05, 3.63) is 59.9 Å². The lowest BCUT2D eigenvalue weighted by atomic mass is 10.1. The first kappa shape index (κ1) is 24.1. The zero-order valence-electron chi connectivity index (χ0n) is 18.9. The second kappa shape index (κ2) is 11.4. The summed E-state index contributed by atoms with van der Waals surface area (Å²) in [6.45, 7) is 6.03. The number of benzene rings is 2. The molecule has 0 saturated carbocycles. The maximum Gasteiger partial charge on any atom is 0.234 e. The number of carbonyl (C=O) groups is 2. The van der Waals surface area contributed by atoms with Crippen LogP contribution in [0.2, 0.25) is 0 Å². The fraction of sp³-hybridized carbons (Fsp3) is 0.333. The molecule has 0 unspecified atom stereocenters. The summed E-state index contributed by atoms with van der Waals surface area (Å²) in [5.41, 5.74) is 1.87. The smallest absolute Gasteiger partial charge is 0.234 e. The number of thioether (sulfide) groups is 1. The van der Waals surface area contributed by atoms with Gasteiger partial charge in [0.25, 0.3) is 0 Å². The summed E-state index contributed by atoms with van der Waals surface area (Å²) in [5.74, 6) is 0.168. The molecule has 0 aliphatic carbocycles. The first-order valence-corrected chi connectivity index (χ1v) is 12.0. The normalized spacial score (nSPS) is 14.2. The number of carbonyl (C=O) groups excluding carboxylic acids is 2. The number of hydrogen-bond acceptors (Lipinski definition) is 7. The molecule has 1 aliphatic heterocycles. The fourth-order valence-electron chi connectivity index (χ4n) is 3.62. The zero-order valence-corrected chi connectivity index (χ0v) is 19.7.